The average Bonchev–Trinajstić information content (AvgIpc) is 2.99. The van der Waals surface area contributed by atoms with E-state index in [4.69, 9.17) is 0 Å². The van der Waals surface area contributed by atoms with E-state index in [-0.39, 0.29) is 5.70 Å². The fraction of sp³-hybridized carbons (Fsp3) is 0. The Morgan fingerprint density at radius 1 is 0.850 bits per heavy atom. The molecule has 1 N–H and O–H groups in total. The van der Waals surface area contributed by atoms with Crippen LogP contribution in [0.25, 0.3) is 11.8 Å². The molecule has 0 aliphatic carbocycles. The predicted octanol–water partition coefficient (Wildman–Crippen LogP) is 2.46. The molecule has 0 spiro atoms. The van der Waals surface area contributed by atoms with Gasteiger partial charge in [-0.3, -0.25) is 0 Å². The molecule has 1 saturated heterocycles. The molecule has 4 nitrogen and oxygen atoms in total. The highest BCUT2D eigenvalue weighted by atomic mass is 16.6. The van der Waals surface area contributed by atoms with Crippen LogP contribution in [0.15, 0.2) is 60.7 Å². The third-order valence-corrected chi connectivity index (χ3v) is 3.24. The molecule has 2 aromatic carbocycles. The molecule has 20 heavy (non-hydrogen) atoms. The lowest BCUT2D eigenvalue weighted by molar-refractivity contribution is -0.859. The molecule has 0 bridgehead atoms. The van der Waals surface area contributed by atoms with Gasteiger partial charge in [0.2, 0.25) is 0 Å². The molecule has 0 saturated carbocycles. The molecule has 1 aliphatic heterocycles. The summed E-state index contributed by atoms with van der Waals surface area (Å²) in [6.07, 6.45) is 1.65. The Hall–Kier alpha value is -2.56. The lowest BCUT2D eigenvalue weighted by Gasteiger charge is -2.08. The first-order valence-corrected chi connectivity index (χ1v) is 6.18. The van der Waals surface area contributed by atoms with Crippen LogP contribution in [0.5, 0.6) is 0 Å². The van der Waals surface area contributed by atoms with E-state index in [0.717, 1.165) is 5.56 Å². The van der Waals surface area contributed by atoms with E-state index >= 15 is 0 Å². The summed E-state index contributed by atoms with van der Waals surface area (Å²) < 4.78 is -1.25. The molecule has 0 atom stereocenters. The van der Waals surface area contributed by atoms with Crippen LogP contribution in [0.4, 0.5) is 0 Å². The summed E-state index contributed by atoms with van der Waals surface area (Å²) in [4.78, 5) is 23.0. The Morgan fingerprint density at radius 3 is 1.85 bits per heavy atom. The summed E-state index contributed by atoms with van der Waals surface area (Å²) >= 11 is 0. The van der Waals surface area contributed by atoms with Crippen molar-refractivity contribution in [3.05, 3.63) is 71.8 Å². The number of carbonyl (C=O) groups is 2. The topological polar surface area (TPSA) is 54.4 Å². The van der Waals surface area contributed by atoms with Gasteiger partial charge in [-0.1, -0.05) is 48.5 Å². The maximum Gasteiger partial charge on any atom is 0.492 e. The number of rotatable bonds is 3. The van der Waals surface area contributed by atoms with Crippen molar-refractivity contribution in [3.63, 3.8) is 0 Å². The first-order valence-electron chi connectivity index (χ1n) is 6.18. The molecular formula is C16H12NO3+. The number of benzene rings is 2. The first kappa shape index (κ1) is 12.5. The van der Waals surface area contributed by atoms with Crippen molar-refractivity contribution in [1.82, 2.24) is 0 Å². The minimum Gasteiger partial charge on any atom is -0.210 e. The van der Waals surface area contributed by atoms with E-state index in [1.165, 1.54) is 0 Å². The van der Waals surface area contributed by atoms with Crippen LogP contribution in [-0.4, -0.2) is 21.7 Å². The zero-order chi connectivity index (χ0) is 14.2. The second-order valence-corrected chi connectivity index (χ2v) is 4.55. The normalized spacial score (nSPS) is 17.1. The van der Waals surface area contributed by atoms with E-state index in [1.807, 2.05) is 36.4 Å². The Balaban J connectivity index is 2.13. The molecule has 4 heteroatoms. The quantitative estimate of drug-likeness (QED) is 0.305. The van der Waals surface area contributed by atoms with Crippen molar-refractivity contribution in [2.45, 2.75) is 0 Å². The van der Waals surface area contributed by atoms with Gasteiger partial charge in [0.25, 0.3) is 0 Å². The molecular weight excluding hydrogens is 254 g/mol. The molecule has 2 aromatic rings. The van der Waals surface area contributed by atoms with Crippen molar-refractivity contribution >= 4 is 23.6 Å². The SMILES string of the molecule is O=C1C(=O)[N+]1(O)C(=Cc1ccccc1)c1ccccc1. The number of hydroxylamine groups is 3. The number of carbonyl (C=O) groups excluding carboxylic acids is 2. The molecule has 98 valence electrons. The highest BCUT2D eigenvalue weighted by Crippen LogP contribution is 2.37. The number of quaternary nitrogens is 1. The molecule has 2 amide bonds. The average molecular weight is 266 g/mol. The minimum absolute atomic E-state index is 0.270. The Bertz CT molecular complexity index is 691. The van der Waals surface area contributed by atoms with Crippen LogP contribution in [0.3, 0.4) is 0 Å². The van der Waals surface area contributed by atoms with Crippen molar-refractivity contribution in [2.24, 2.45) is 0 Å². The molecule has 1 fully saturated rings. The van der Waals surface area contributed by atoms with E-state index in [0.29, 0.717) is 5.56 Å². The minimum atomic E-state index is -1.25. The van der Waals surface area contributed by atoms with Gasteiger partial charge >= 0.3 is 11.8 Å². The fourth-order valence-electron chi connectivity index (χ4n) is 2.10. The second-order valence-electron chi connectivity index (χ2n) is 4.55. The summed E-state index contributed by atoms with van der Waals surface area (Å²) in [5.41, 5.74) is 1.72. The Kier molecular flexibility index (Phi) is 2.82. The summed E-state index contributed by atoms with van der Waals surface area (Å²) in [6, 6.07) is 18.2. The third kappa shape index (κ3) is 1.87. The van der Waals surface area contributed by atoms with Crippen LogP contribution in [0, 0.1) is 0 Å². The number of amides is 2. The fourth-order valence-corrected chi connectivity index (χ4v) is 2.10. The molecule has 0 unspecified atom stereocenters. The number of hydrogen-bond acceptors (Lipinski definition) is 3. The standard InChI is InChI=1S/C16H12NO3/c18-15-16(19)17(15,20)14(13-9-5-2-6-10-13)11-12-7-3-1-4-8-12/h1-11,20H/q+1. The van der Waals surface area contributed by atoms with Gasteiger partial charge in [0, 0.05) is 16.3 Å². The van der Waals surface area contributed by atoms with Crippen LogP contribution in [-0.2, 0) is 9.59 Å². The van der Waals surface area contributed by atoms with Crippen LogP contribution < -0.4 is 0 Å². The monoisotopic (exact) mass is 266 g/mol. The van der Waals surface area contributed by atoms with Crippen LogP contribution in [0.1, 0.15) is 11.1 Å². The maximum absolute atomic E-state index is 11.5. The highest BCUT2D eigenvalue weighted by Gasteiger charge is 2.74. The highest BCUT2D eigenvalue weighted by molar-refractivity contribution is 6.46. The molecule has 3 rings (SSSR count). The Morgan fingerprint density at radius 2 is 1.35 bits per heavy atom. The maximum atomic E-state index is 11.5. The van der Waals surface area contributed by atoms with Gasteiger partial charge in [-0.25, -0.2) is 9.59 Å². The smallest absolute Gasteiger partial charge is 0.210 e. The van der Waals surface area contributed by atoms with Gasteiger partial charge in [-0.2, -0.15) is 5.21 Å². The number of hydrogen-bond donors (Lipinski definition) is 1. The summed E-state index contributed by atoms with van der Waals surface area (Å²) in [6.45, 7) is 0. The first-order chi connectivity index (χ1) is 9.64. The lowest BCUT2D eigenvalue weighted by Crippen LogP contribution is -2.22. The Labute approximate surface area is 115 Å². The van der Waals surface area contributed by atoms with Gasteiger partial charge in [-0.05, 0) is 17.7 Å². The second kappa shape index (κ2) is 4.52. The molecule has 1 aliphatic rings. The number of imide groups is 1. The van der Waals surface area contributed by atoms with Crippen LogP contribution in [0.2, 0.25) is 0 Å². The lowest BCUT2D eigenvalue weighted by atomic mass is 10.1. The van der Waals surface area contributed by atoms with Gasteiger partial charge in [0.1, 0.15) is 0 Å². The van der Waals surface area contributed by atoms with E-state index in [2.05, 4.69) is 0 Å². The van der Waals surface area contributed by atoms with Gasteiger partial charge in [0.15, 0.2) is 5.70 Å². The van der Waals surface area contributed by atoms with Gasteiger partial charge in [-0.15, -0.1) is 0 Å². The predicted molar refractivity (Wildman–Crippen MR) is 72.8 cm³/mol. The summed E-state index contributed by atoms with van der Waals surface area (Å²) in [5, 5.41) is 10.2. The van der Waals surface area contributed by atoms with Gasteiger partial charge < -0.3 is 0 Å². The van der Waals surface area contributed by atoms with Crippen molar-refractivity contribution in [1.29, 1.82) is 0 Å². The summed E-state index contributed by atoms with van der Waals surface area (Å²) in [5.74, 6) is -1.62. The zero-order valence-electron chi connectivity index (χ0n) is 10.6. The van der Waals surface area contributed by atoms with E-state index in [1.54, 1.807) is 30.3 Å². The molecule has 0 aromatic heterocycles. The van der Waals surface area contributed by atoms with Gasteiger partial charge in [0.05, 0.1) is 0 Å². The van der Waals surface area contributed by atoms with E-state index < -0.39 is 16.5 Å². The largest absolute Gasteiger partial charge is 0.492 e. The van der Waals surface area contributed by atoms with Crippen molar-refractivity contribution < 1.29 is 19.4 Å². The van der Waals surface area contributed by atoms with Crippen molar-refractivity contribution in [2.75, 3.05) is 0 Å². The summed E-state index contributed by atoms with van der Waals surface area (Å²) in [7, 11) is 0. The molecule has 0 radical (unpaired) electrons. The molecule has 1 heterocycles. The van der Waals surface area contributed by atoms with Crippen molar-refractivity contribution in [3.8, 4) is 0 Å². The zero-order valence-corrected chi connectivity index (χ0v) is 10.6. The van der Waals surface area contributed by atoms with Crippen LogP contribution >= 0.6 is 0 Å². The van der Waals surface area contributed by atoms with E-state index in [9.17, 15) is 14.8 Å². The number of nitrogens with zero attached hydrogens (tertiary/aromatic N) is 1. The third-order valence-electron chi connectivity index (χ3n) is 3.24.